The zero-order valence-corrected chi connectivity index (χ0v) is 19.9. The lowest BCUT2D eigenvalue weighted by Crippen LogP contribution is -2.43. The first-order valence-corrected chi connectivity index (χ1v) is 12.1. The Kier molecular flexibility index (Phi) is 5.69. The summed E-state index contributed by atoms with van der Waals surface area (Å²) in [6.07, 6.45) is 11.9. The smallest absolute Gasteiger partial charge is 0.103 e. The third-order valence-electron chi connectivity index (χ3n) is 6.91. The molecule has 0 aromatic carbocycles. The van der Waals surface area contributed by atoms with Gasteiger partial charge in [-0.2, -0.15) is 15.5 Å². The number of hydrogen-bond acceptors (Lipinski definition) is 6. The normalized spacial score (nSPS) is 20.7. The number of nitrogens with one attached hydrogen (secondary N) is 1. The molecule has 0 bridgehead atoms. The van der Waals surface area contributed by atoms with Crippen molar-refractivity contribution in [3.05, 3.63) is 60.3 Å². The number of nitriles is 1. The number of pyridine rings is 2. The molecule has 1 fully saturated rings. The van der Waals surface area contributed by atoms with E-state index < -0.39 is 0 Å². The maximum Gasteiger partial charge on any atom is 0.103 e. The van der Waals surface area contributed by atoms with Crippen molar-refractivity contribution in [1.82, 2.24) is 29.7 Å². The molecule has 33 heavy (non-hydrogen) atoms. The molecule has 7 nitrogen and oxygen atoms in total. The van der Waals surface area contributed by atoms with Crippen LogP contribution >= 0.6 is 11.8 Å². The topological polar surface area (TPSA) is 83.8 Å². The minimum atomic E-state index is 0.224. The standard InChI is InChI=1S/C25H27N7S/c1-17-21(15-30-32(17)20-7-9-25(2,27-3)10-8-20)18-12-22(33-23-6-4-5-11-28-23)24-19(13-26)14-29-31(24)16-18/h4-6,11-12,14-16,20,27H,7-10H2,1-3H3. The van der Waals surface area contributed by atoms with Gasteiger partial charge in [0.05, 0.1) is 29.5 Å². The van der Waals surface area contributed by atoms with E-state index in [1.54, 1.807) is 28.7 Å². The van der Waals surface area contributed by atoms with Crippen LogP contribution in [0.4, 0.5) is 0 Å². The fourth-order valence-electron chi connectivity index (χ4n) is 4.72. The average Bonchev–Trinajstić information content (AvgIpc) is 3.43. The van der Waals surface area contributed by atoms with Crippen molar-refractivity contribution in [3.63, 3.8) is 0 Å². The number of rotatable bonds is 5. The summed E-state index contributed by atoms with van der Waals surface area (Å²) in [7, 11) is 2.06. The molecule has 1 aliphatic rings. The molecule has 1 aliphatic carbocycles. The first-order chi connectivity index (χ1) is 16.0. The van der Waals surface area contributed by atoms with Crippen molar-refractivity contribution < 1.29 is 0 Å². The van der Waals surface area contributed by atoms with Crippen molar-refractivity contribution >= 4 is 17.3 Å². The second-order valence-corrected chi connectivity index (χ2v) is 10.0. The summed E-state index contributed by atoms with van der Waals surface area (Å²) in [5.74, 6) is 0. The molecule has 0 radical (unpaired) electrons. The number of aromatic nitrogens is 5. The summed E-state index contributed by atoms with van der Waals surface area (Å²) < 4.78 is 4.00. The second kappa shape index (κ2) is 8.65. The molecule has 4 heterocycles. The van der Waals surface area contributed by atoms with Crippen LogP contribution in [0.15, 0.2) is 59.0 Å². The Morgan fingerprint density at radius 3 is 2.73 bits per heavy atom. The monoisotopic (exact) mass is 457 g/mol. The SMILES string of the molecule is CNC1(C)CCC(n2ncc(-c3cc(Sc4ccccn4)c4c(C#N)cnn4c3)c2C)CC1. The van der Waals surface area contributed by atoms with Crippen molar-refractivity contribution in [3.8, 4) is 17.2 Å². The van der Waals surface area contributed by atoms with E-state index in [1.807, 2.05) is 30.6 Å². The third-order valence-corrected chi connectivity index (χ3v) is 7.90. The Morgan fingerprint density at radius 1 is 1.21 bits per heavy atom. The van der Waals surface area contributed by atoms with Crippen molar-refractivity contribution in [2.75, 3.05) is 7.05 Å². The van der Waals surface area contributed by atoms with Gasteiger partial charge in [0, 0.05) is 39.6 Å². The van der Waals surface area contributed by atoms with E-state index in [2.05, 4.69) is 53.1 Å². The molecule has 0 spiro atoms. The number of hydrogen-bond donors (Lipinski definition) is 1. The van der Waals surface area contributed by atoms with E-state index in [-0.39, 0.29) is 5.54 Å². The molecule has 0 unspecified atom stereocenters. The Labute approximate surface area is 197 Å². The number of nitrogens with zero attached hydrogens (tertiary/aromatic N) is 6. The van der Waals surface area contributed by atoms with E-state index >= 15 is 0 Å². The summed E-state index contributed by atoms with van der Waals surface area (Å²) in [5, 5.41) is 23.2. The highest BCUT2D eigenvalue weighted by molar-refractivity contribution is 7.99. The largest absolute Gasteiger partial charge is 0.315 e. The van der Waals surface area contributed by atoms with Crippen molar-refractivity contribution in [2.45, 2.75) is 61.0 Å². The van der Waals surface area contributed by atoms with Crippen LogP contribution in [0.3, 0.4) is 0 Å². The van der Waals surface area contributed by atoms with Gasteiger partial charge in [-0.1, -0.05) is 17.8 Å². The van der Waals surface area contributed by atoms with Gasteiger partial charge in [-0.25, -0.2) is 9.50 Å². The van der Waals surface area contributed by atoms with Crippen molar-refractivity contribution in [2.24, 2.45) is 0 Å². The summed E-state index contributed by atoms with van der Waals surface area (Å²) in [4.78, 5) is 5.41. The molecule has 5 rings (SSSR count). The van der Waals surface area contributed by atoms with Crippen LogP contribution in [0.5, 0.6) is 0 Å². The van der Waals surface area contributed by atoms with Crippen LogP contribution < -0.4 is 5.32 Å². The lowest BCUT2D eigenvalue weighted by molar-refractivity contribution is 0.208. The van der Waals surface area contributed by atoms with E-state index in [4.69, 9.17) is 5.10 Å². The van der Waals surface area contributed by atoms with Gasteiger partial charge < -0.3 is 5.32 Å². The van der Waals surface area contributed by atoms with Crippen LogP contribution in [-0.2, 0) is 0 Å². The third kappa shape index (κ3) is 4.03. The minimum Gasteiger partial charge on any atom is -0.315 e. The maximum absolute atomic E-state index is 9.60. The second-order valence-electron chi connectivity index (χ2n) is 8.96. The predicted octanol–water partition coefficient (Wildman–Crippen LogP) is 5.02. The molecular formula is C25H27N7S. The van der Waals surface area contributed by atoms with Gasteiger partial charge in [-0.3, -0.25) is 4.68 Å². The van der Waals surface area contributed by atoms with Gasteiger partial charge in [0.2, 0.25) is 0 Å². The zero-order chi connectivity index (χ0) is 23.0. The molecule has 0 atom stereocenters. The van der Waals surface area contributed by atoms with Crippen LogP contribution in [-0.4, -0.2) is 37.0 Å². The first kappa shape index (κ1) is 21.7. The molecular weight excluding hydrogens is 430 g/mol. The van der Waals surface area contributed by atoms with Gasteiger partial charge in [-0.15, -0.1) is 0 Å². The van der Waals surface area contributed by atoms with E-state index in [0.717, 1.165) is 57.9 Å². The molecule has 8 heteroatoms. The fraction of sp³-hybridized carbons (Fsp3) is 0.360. The van der Waals surface area contributed by atoms with E-state index in [1.165, 1.54) is 0 Å². The Balaban J connectivity index is 1.53. The molecule has 4 aromatic heterocycles. The molecule has 1 saturated carbocycles. The Hall–Kier alpha value is -3.15. The summed E-state index contributed by atoms with van der Waals surface area (Å²) >= 11 is 1.55. The average molecular weight is 458 g/mol. The summed E-state index contributed by atoms with van der Waals surface area (Å²) in [6.45, 7) is 4.45. The minimum absolute atomic E-state index is 0.224. The highest BCUT2D eigenvalue weighted by Gasteiger charge is 2.31. The molecule has 0 saturated heterocycles. The van der Waals surface area contributed by atoms with Crippen LogP contribution in [0.25, 0.3) is 16.6 Å². The fourth-order valence-corrected chi connectivity index (χ4v) is 5.69. The first-order valence-electron chi connectivity index (χ1n) is 11.2. The highest BCUT2D eigenvalue weighted by atomic mass is 32.2. The molecule has 0 amide bonds. The van der Waals surface area contributed by atoms with Crippen LogP contribution in [0, 0.1) is 18.3 Å². The quantitative estimate of drug-likeness (QED) is 0.453. The van der Waals surface area contributed by atoms with Crippen LogP contribution in [0.2, 0.25) is 0 Å². The maximum atomic E-state index is 9.60. The highest BCUT2D eigenvalue weighted by Crippen LogP contribution is 2.38. The lowest BCUT2D eigenvalue weighted by atomic mass is 9.81. The van der Waals surface area contributed by atoms with Crippen LogP contribution in [0.1, 0.15) is 49.9 Å². The number of fused-ring (bicyclic) bond motifs is 1. The molecule has 4 aromatic rings. The Morgan fingerprint density at radius 2 is 2.03 bits per heavy atom. The predicted molar refractivity (Wildman–Crippen MR) is 129 cm³/mol. The molecule has 0 aliphatic heterocycles. The van der Waals surface area contributed by atoms with E-state index in [9.17, 15) is 5.26 Å². The Bertz CT molecular complexity index is 1320. The molecule has 168 valence electrons. The zero-order valence-electron chi connectivity index (χ0n) is 19.1. The van der Waals surface area contributed by atoms with Crippen molar-refractivity contribution in [1.29, 1.82) is 5.26 Å². The van der Waals surface area contributed by atoms with Gasteiger partial charge in [0.25, 0.3) is 0 Å². The van der Waals surface area contributed by atoms with Gasteiger partial charge in [0.1, 0.15) is 11.1 Å². The van der Waals surface area contributed by atoms with Gasteiger partial charge in [-0.05, 0) is 64.8 Å². The summed E-state index contributed by atoms with van der Waals surface area (Å²) in [6, 6.07) is 10.7. The van der Waals surface area contributed by atoms with E-state index in [0.29, 0.717) is 11.6 Å². The summed E-state index contributed by atoms with van der Waals surface area (Å²) in [5.41, 5.74) is 4.88. The lowest BCUT2D eigenvalue weighted by Gasteiger charge is -2.37. The van der Waals surface area contributed by atoms with Gasteiger partial charge >= 0.3 is 0 Å². The molecule has 1 N–H and O–H groups in total. The van der Waals surface area contributed by atoms with Gasteiger partial charge in [0.15, 0.2) is 0 Å².